The Morgan fingerprint density at radius 1 is 0.690 bits per heavy atom. The molecule has 0 spiro atoms. The number of hydrogen-bond donors (Lipinski definition) is 2. The lowest BCUT2D eigenvalue weighted by atomic mass is 9.63. The summed E-state index contributed by atoms with van der Waals surface area (Å²) < 4.78 is 0. The van der Waals surface area contributed by atoms with Crippen LogP contribution in [-0.4, -0.2) is 22.4 Å². The van der Waals surface area contributed by atoms with Gasteiger partial charge in [-0.2, -0.15) is 0 Å². The Kier molecular flexibility index (Phi) is 13.7. The first-order valence-electron chi connectivity index (χ1n) is 15.8. The van der Waals surface area contributed by atoms with E-state index in [4.69, 9.17) is 0 Å². The fourth-order valence-electron chi connectivity index (χ4n) is 6.07. The van der Waals surface area contributed by atoms with Crippen molar-refractivity contribution < 1.29 is 10.2 Å². The van der Waals surface area contributed by atoms with Gasteiger partial charge in [-0.3, -0.25) is 0 Å². The van der Waals surface area contributed by atoms with Gasteiger partial charge in [0.2, 0.25) is 0 Å². The minimum absolute atomic E-state index is 0.105. The predicted octanol–water partition coefficient (Wildman–Crippen LogP) is 10.5. The van der Waals surface area contributed by atoms with Crippen LogP contribution in [0.1, 0.15) is 94.9 Å². The fourth-order valence-corrected chi connectivity index (χ4v) is 6.07. The Labute approximate surface area is 258 Å². The average molecular weight is 571 g/mol. The molecule has 0 aromatic rings. The van der Waals surface area contributed by atoms with Gasteiger partial charge in [0.1, 0.15) is 0 Å². The first-order valence-corrected chi connectivity index (χ1v) is 15.8. The highest BCUT2D eigenvalue weighted by atomic mass is 16.3. The van der Waals surface area contributed by atoms with Crippen molar-refractivity contribution in [3.8, 4) is 0 Å². The molecule has 42 heavy (non-hydrogen) atoms. The quantitative estimate of drug-likeness (QED) is 0.256. The summed E-state index contributed by atoms with van der Waals surface area (Å²) in [5, 5.41) is 20.6. The Balaban J connectivity index is 1.90. The van der Waals surface area contributed by atoms with Crippen LogP contribution in [0.2, 0.25) is 0 Å². The van der Waals surface area contributed by atoms with Gasteiger partial charge in [-0.15, -0.1) is 0 Å². The molecule has 0 bridgehead atoms. The van der Waals surface area contributed by atoms with Crippen LogP contribution >= 0.6 is 0 Å². The highest BCUT2D eigenvalue weighted by Crippen LogP contribution is 2.45. The second-order valence-corrected chi connectivity index (χ2v) is 14.0. The molecule has 2 N–H and O–H groups in total. The molecular formula is C40H58O2. The van der Waals surface area contributed by atoms with E-state index in [0.717, 1.165) is 31.3 Å². The molecule has 0 aromatic carbocycles. The van der Waals surface area contributed by atoms with Crippen LogP contribution in [-0.2, 0) is 0 Å². The third kappa shape index (κ3) is 11.2. The van der Waals surface area contributed by atoms with E-state index in [1.807, 2.05) is 0 Å². The molecule has 1 saturated carbocycles. The molecule has 230 valence electrons. The highest BCUT2D eigenvalue weighted by molar-refractivity contribution is 5.39. The number of hydrogen-bond acceptors (Lipinski definition) is 2. The van der Waals surface area contributed by atoms with Crippen molar-refractivity contribution in [2.45, 2.75) is 107 Å². The van der Waals surface area contributed by atoms with Gasteiger partial charge in [-0.1, -0.05) is 142 Å². The lowest BCUT2D eigenvalue weighted by molar-refractivity contribution is -0.00431. The van der Waals surface area contributed by atoms with Gasteiger partial charge in [0, 0.05) is 0 Å². The summed E-state index contributed by atoms with van der Waals surface area (Å²) in [5.41, 5.74) is 7.46. The maximum atomic E-state index is 10.3. The van der Waals surface area contributed by atoms with Crippen LogP contribution in [0, 0.1) is 22.7 Å². The largest absolute Gasteiger partial charge is 0.393 e. The maximum Gasteiger partial charge on any atom is 0.0753 e. The molecule has 2 aliphatic carbocycles. The van der Waals surface area contributed by atoms with E-state index in [9.17, 15) is 10.2 Å². The Hall–Kier alpha value is -2.68. The lowest BCUT2D eigenvalue weighted by Gasteiger charge is -2.44. The maximum absolute atomic E-state index is 10.3. The molecule has 0 radical (unpaired) electrons. The molecule has 1 fully saturated rings. The second kappa shape index (κ2) is 16.2. The zero-order valence-electron chi connectivity index (χ0n) is 28.1. The van der Waals surface area contributed by atoms with Crippen molar-refractivity contribution >= 4 is 0 Å². The summed E-state index contributed by atoms with van der Waals surface area (Å²) >= 11 is 0. The molecule has 0 heterocycles. The van der Waals surface area contributed by atoms with Crippen molar-refractivity contribution in [2.75, 3.05) is 0 Å². The molecule has 0 amide bonds. The second-order valence-electron chi connectivity index (χ2n) is 14.0. The molecule has 2 aliphatic rings. The smallest absolute Gasteiger partial charge is 0.0753 e. The topological polar surface area (TPSA) is 40.5 Å². The third-order valence-corrected chi connectivity index (χ3v) is 9.20. The average Bonchev–Trinajstić information content (AvgIpc) is 2.91. The summed E-state index contributed by atoms with van der Waals surface area (Å²) in [6, 6.07) is 0. The van der Waals surface area contributed by atoms with E-state index in [-0.39, 0.29) is 23.0 Å². The fraction of sp³-hybridized carbons (Fsp3) is 0.500. The number of aliphatic hydroxyl groups excluding tert-OH is 2. The number of aliphatic hydroxyl groups is 2. The predicted molar refractivity (Wildman–Crippen MR) is 184 cm³/mol. The van der Waals surface area contributed by atoms with E-state index in [0.29, 0.717) is 11.8 Å². The van der Waals surface area contributed by atoms with Gasteiger partial charge < -0.3 is 10.2 Å². The van der Waals surface area contributed by atoms with Gasteiger partial charge in [-0.25, -0.2) is 0 Å². The normalized spacial score (nSPS) is 28.5. The lowest BCUT2D eigenvalue weighted by Crippen LogP contribution is -2.40. The van der Waals surface area contributed by atoms with Crippen LogP contribution < -0.4 is 0 Å². The summed E-state index contributed by atoms with van der Waals surface area (Å²) in [7, 11) is 0. The molecule has 2 nitrogen and oxygen atoms in total. The highest BCUT2D eigenvalue weighted by Gasteiger charge is 2.39. The zero-order chi connectivity index (χ0) is 31.5. The third-order valence-electron chi connectivity index (χ3n) is 9.20. The minimum Gasteiger partial charge on any atom is -0.393 e. The van der Waals surface area contributed by atoms with Crippen LogP contribution in [0.5, 0.6) is 0 Å². The first kappa shape index (κ1) is 35.5. The van der Waals surface area contributed by atoms with Gasteiger partial charge in [0.05, 0.1) is 12.2 Å². The van der Waals surface area contributed by atoms with Gasteiger partial charge >= 0.3 is 0 Å². The summed E-state index contributed by atoms with van der Waals surface area (Å²) in [4.78, 5) is 0. The molecule has 4 unspecified atom stereocenters. The SMILES string of the molecule is CC(C=CC=C(C)C=CC1=C(C)C(O)CCC1(C)C)=CC=CC=C(C)C=CC=C(C)C=CC1C(C)C(O)CCC1(C)C. The van der Waals surface area contributed by atoms with Crippen molar-refractivity contribution in [3.05, 3.63) is 119 Å². The molecular weight excluding hydrogens is 512 g/mol. The van der Waals surface area contributed by atoms with E-state index < -0.39 is 0 Å². The van der Waals surface area contributed by atoms with Crippen molar-refractivity contribution in [2.24, 2.45) is 22.7 Å². The molecule has 0 saturated heterocycles. The van der Waals surface area contributed by atoms with Crippen molar-refractivity contribution in [1.29, 1.82) is 0 Å². The van der Waals surface area contributed by atoms with Crippen LogP contribution in [0.4, 0.5) is 0 Å². The molecule has 2 rings (SSSR count). The standard InChI is InChI=1S/C40H58O2/c1-29(17-13-19-31(3)21-23-35-33(5)37(41)25-27-39(35,7)8)15-11-12-16-30(2)18-14-20-32(4)22-24-36-34(6)38(42)26-28-40(36,9)10/h11-24,33,35,37-38,41-42H,25-28H2,1-10H3. The minimum atomic E-state index is -0.314. The molecule has 0 aliphatic heterocycles. The summed E-state index contributed by atoms with van der Waals surface area (Å²) in [6.45, 7) is 21.9. The molecule has 0 aromatic heterocycles. The molecule has 2 heteroatoms. The Morgan fingerprint density at radius 3 is 1.76 bits per heavy atom. The summed E-state index contributed by atoms with van der Waals surface area (Å²) in [5.74, 6) is 0.680. The Morgan fingerprint density at radius 2 is 1.19 bits per heavy atom. The monoisotopic (exact) mass is 570 g/mol. The van der Waals surface area contributed by atoms with Crippen molar-refractivity contribution in [1.82, 2.24) is 0 Å². The van der Waals surface area contributed by atoms with Gasteiger partial charge in [0.25, 0.3) is 0 Å². The number of rotatable bonds is 10. The van der Waals surface area contributed by atoms with E-state index in [2.05, 4.69) is 154 Å². The molecule has 4 atom stereocenters. The number of allylic oxidation sites excluding steroid dienone is 19. The van der Waals surface area contributed by atoms with Crippen molar-refractivity contribution in [3.63, 3.8) is 0 Å². The Bertz CT molecular complexity index is 1220. The van der Waals surface area contributed by atoms with E-state index >= 15 is 0 Å². The summed E-state index contributed by atoms with van der Waals surface area (Å²) in [6.07, 6.45) is 33.3. The van der Waals surface area contributed by atoms with Crippen LogP contribution in [0.3, 0.4) is 0 Å². The van der Waals surface area contributed by atoms with Crippen LogP contribution in [0.15, 0.2) is 119 Å². The van der Waals surface area contributed by atoms with Gasteiger partial charge in [0.15, 0.2) is 0 Å². The first-order chi connectivity index (χ1) is 19.6. The van der Waals surface area contributed by atoms with Crippen LogP contribution in [0.25, 0.3) is 0 Å². The van der Waals surface area contributed by atoms with E-state index in [1.54, 1.807) is 0 Å². The zero-order valence-corrected chi connectivity index (χ0v) is 28.1. The van der Waals surface area contributed by atoms with Gasteiger partial charge in [-0.05, 0) is 94.1 Å². The van der Waals surface area contributed by atoms with E-state index in [1.165, 1.54) is 27.9 Å².